The van der Waals surface area contributed by atoms with E-state index in [1.807, 2.05) is 6.92 Å². The lowest BCUT2D eigenvalue weighted by Crippen LogP contribution is -2.17. The van der Waals surface area contributed by atoms with E-state index in [0.29, 0.717) is 6.42 Å². The third kappa shape index (κ3) is 5.89. The van der Waals surface area contributed by atoms with E-state index in [4.69, 9.17) is 15.7 Å². The van der Waals surface area contributed by atoms with Gasteiger partial charge in [0.15, 0.2) is 5.57 Å². The predicted molar refractivity (Wildman–Crippen MR) is 63.9 cm³/mol. The van der Waals surface area contributed by atoms with Crippen molar-refractivity contribution < 1.29 is 19.1 Å². The van der Waals surface area contributed by atoms with Gasteiger partial charge in [-0.15, -0.1) is 0 Å². The molecule has 0 aromatic carbocycles. The average molecular weight is 254 g/mol. The second kappa shape index (κ2) is 9.05. The van der Waals surface area contributed by atoms with Crippen LogP contribution >= 0.6 is 0 Å². The number of carbonyl (C=O) groups excluding carboxylic acids is 2. The Morgan fingerprint density at radius 2 is 1.94 bits per heavy atom. The molecule has 2 N–H and O–H groups in total. The number of carbonyl (C=O) groups is 2. The zero-order valence-corrected chi connectivity index (χ0v) is 10.7. The summed E-state index contributed by atoms with van der Waals surface area (Å²) in [4.78, 5) is 22.7. The Morgan fingerprint density at radius 3 is 2.44 bits per heavy atom. The van der Waals surface area contributed by atoms with Crippen LogP contribution in [0.1, 0.15) is 33.1 Å². The monoisotopic (exact) mass is 254 g/mol. The Morgan fingerprint density at radius 1 is 1.28 bits per heavy atom. The topological polar surface area (TPSA) is 102 Å². The molecule has 6 heteroatoms. The summed E-state index contributed by atoms with van der Waals surface area (Å²) >= 11 is 0. The van der Waals surface area contributed by atoms with Crippen LogP contribution in [0.3, 0.4) is 0 Å². The third-order valence-electron chi connectivity index (χ3n) is 2.01. The van der Waals surface area contributed by atoms with Crippen molar-refractivity contribution in [3.05, 3.63) is 11.3 Å². The number of nitrogens with two attached hydrogens (primary N) is 1. The van der Waals surface area contributed by atoms with Crippen molar-refractivity contribution in [1.82, 2.24) is 0 Å². The summed E-state index contributed by atoms with van der Waals surface area (Å²) in [5, 5.41) is 8.83. The quantitative estimate of drug-likeness (QED) is 0.315. The number of rotatable bonds is 7. The van der Waals surface area contributed by atoms with E-state index in [9.17, 15) is 9.59 Å². The highest BCUT2D eigenvalue weighted by Gasteiger charge is 2.17. The molecule has 0 heterocycles. The van der Waals surface area contributed by atoms with E-state index >= 15 is 0 Å². The number of hydrogen-bond donors (Lipinski definition) is 1. The highest BCUT2D eigenvalue weighted by molar-refractivity contribution is 5.94. The van der Waals surface area contributed by atoms with Gasteiger partial charge in [-0.05, 0) is 13.3 Å². The van der Waals surface area contributed by atoms with E-state index in [0.717, 1.165) is 6.42 Å². The van der Waals surface area contributed by atoms with Crippen molar-refractivity contribution in [3.8, 4) is 6.07 Å². The minimum absolute atomic E-state index is 0.127. The van der Waals surface area contributed by atoms with Crippen molar-refractivity contribution in [3.63, 3.8) is 0 Å². The van der Waals surface area contributed by atoms with Gasteiger partial charge in [0.05, 0.1) is 19.6 Å². The summed E-state index contributed by atoms with van der Waals surface area (Å²) in [6, 6.07) is 1.65. The van der Waals surface area contributed by atoms with Gasteiger partial charge >= 0.3 is 11.9 Å². The molecule has 0 bridgehead atoms. The lowest BCUT2D eigenvalue weighted by atomic mass is 10.2. The molecule has 0 atom stereocenters. The Balaban J connectivity index is 4.57. The first-order chi connectivity index (χ1) is 8.56. The van der Waals surface area contributed by atoms with E-state index in [2.05, 4.69) is 4.74 Å². The molecule has 0 spiro atoms. The molecular formula is C12H18N2O4. The lowest BCUT2D eigenvalue weighted by Gasteiger charge is -2.06. The first-order valence-electron chi connectivity index (χ1n) is 5.78. The third-order valence-corrected chi connectivity index (χ3v) is 2.01. The molecule has 100 valence electrons. The highest BCUT2D eigenvalue weighted by atomic mass is 16.5. The summed E-state index contributed by atoms with van der Waals surface area (Å²) in [5.41, 5.74) is 5.06. The van der Waals surface area contributed by atoms with Crippen LogP contribution in [0.5, 0.6) is 0 Å². The average Bonchev–Trinajstić information content (AvgIpc) is 2.30. The number of esters is 2. The van der Waals surface area contributed by atoms with Crippen LogP contribution in [-0.2, 0) is 19.1 Å². The van der Waals surface area contributed by atoms with Gasteiger partial charge in [0.2, 0.25) is 0 Å². The molecule has 18 heavy (non-hydrogen) atoms. The van der Waals surface area contributed by atoms with Crippen LogP contribution in [0.2, 0.25) is 0 Å². The normalized spacial score (nSPS) is 11.2. The fraction of sp³-hybridized carbons (Fsp3) is 0.583. The van der Waals surface area contributed by atoms with Gasteiger partial charge < -0.3 is 15.2 Å². The number of hydrogen-bond acceptors (Lipinski definition) is 6. The molecule has 0 saturated carbocycles. The van der Waals surface area contributed by atoms with Gasteiger partial charge in [0.25, 0.3) is 0 Å². The van der Waals surface area contributed by atoms with Gasteiger partial charge in [-0.25, -0.2) is 4.79 Å². The Labute approximate surface area is 106 Å². The van der Waals surface area contributed by atoms with Crippen LogP contribution < -0.4 is 5.73 Å². The summed E-state index contributed by atoms with van der Waals surface area (Å²) in [6.07, 6.45) is 1.29. The Bertz CT molecular complexity index is 369. The fourth-order valence-corrected chi connectivity index (χ4v) is 1.09. The summed E-state index contributed by atoms with van der Waals surface area (Å²) in [5.74, 6) is -1.38. The minimum Gasteiger partial charge on any atom is -0.466 e. The maximum atomic E-state index is 11.5. The zero-order chi connectivity index (χ0) is 14.0. The molecule has 0 aliphatic carbocycles. The van der Waals surface area contributed by atoms with Crippen molar-refractivity contribution in [2.24, 2.45) is 5.73 Å². The van der Waals surface area contributed by atoms with Crippen LogP contribution in [0.4, 0.5) is 0 Å². The van der Waals surface area contributed by atoms with Crippen LogP contribution in [-0.4, -0.2) is 25.2 Å². The Kier molecular flexibility index (Phi) is 8.03. The number of nitrogens with zero attached hydrogens (tertiary/aromatic N) is 1. The first kappa shape index (κ1) is 16.0. The molecule has 0 aromatic rings. The molecule has 0 rings (SSSR count). The lowest BCUT2D eigenvalue weighted by molar-refractivity contribution is -0.142. The molecule has 0 radical (unpaired) electrons. The highest BCUT2D eigenvalue weighted by Crippen LogP contribution is 2.06. The number of nitriles is 1. The molecule has 0 fully saturated rings. The molecule has 0 aliphatic rings. The fourth-order valence-electron chi connectivity index (χ4n) is 1.09. The molecule has 0 aliphatic heterocycles. The molecule has 6 nitrogen and oxygen atoms in total. The van der Waals surface area contributed by atoms with Crippen molar-refractivity contribution >= 4 is 11.9 Å². The minimum atomic E-state index is -0.798. The second-order valence-electron chi connectivity index (χ2n) is 3.48. The van der Waals surface area contributed by atoms with Crippen LogP contribution in [0, 0.1) is 11.3 Å². The molecule has 0 unspecified atom stereocenters. The summed E-state index contributed by atoms with van der Waals surface area (Å²) in [7, 11) is 0. The zero-order valence-electron chi connectivity index (χ0n) is 10.7. The summed E-state index contributed by atoms with van der Waals surface area (Å²) in [6.45, 7) is 4.05. The van der Waals surface area contributed by atoms with E-state index in [-0.39, 0.29) is 30.9 Å². The van der Waals surface area contributed by atoms with E-state index in [1.54, 1.807) is 13.0 Å². The molecule has 0 saturated heterocycles. The smallest absolute Gasteiger partial charge is 0.350 e. The molecular weight excluding hydrogens is 236 g/mol. The second-order valence-corrected chi connectivity index (χ2v) is 3.48. The standard InChI is InChI=1S/C12H18N2O4/c1-3-5-6-18-12(16)9(8-13)10(14)7-11(15)17-4-2/h3-7,14H2,1-2H3/b10-9+. The van der Waals surface area contributed by atoms with Gasteiger partial charge in [-0.2, -0.15) is 5.26 Å². The Hall–Kier alpha value is -2.03. The molecule has 0 aromatic heterocycles. The van der Waals surface area contributed by atoms with E-state index < -0.39 is 11.9 Å². The van der Waals surface area contributed by atoms with Gasteiger partial charge in [-0.3, -0.25) is 4.79 Å². The number of unbranched alkanes of at least 4 members (excludes halogenated alkanes) is 1. The molecule has 0 amide bonds. The van der Waals surface area contributed by atoms with Crippen molar-refractivity contribution in [2.75, 3.05) is 13.2 Å². The van der Waals surface area contributed by atoms with Crippen molar-refractivity contribution in [2.45, 2.75) is 33.1 Å². The first-order valence-corrected chi connectivity index (χ1v) is 5.78. The largest absolute Gasteiger partial charge is 0.466 e. The van der Waals surface area contributed by atoms with Gasteiger partial charge in [0.1, 0.15) is 6.07 Å². The van der Waals surface area contributed by atoms with Crippen LogP contribution in [0.15, 0.2) is 11.3 Å². The van der Waals surface area contributed by atoms with E-state index in [1.165, 1.54) is 0 Å². The van der Waals surface area contributed by atoms with Crippen molar-refractivity contribution in [1.29, 1.82) is 5.26 Å². The number of ether oxygens (including phenoxy) is 2. The maximum Gasteiger partial charge on any atom is 0.350 e. The van der Waals surface area contributed by atoms with Gasteiger partial charge in [0, 0.05) is 5.70 Å². The van der Waals surface area contributed by atoms with Crippen LogP contribution in [0.25, 0.3) is 0 Å². The maximum absolute atomic E-state index is 11.5. The summed E-state index contributed by atoms with van der Waals surface area (Å²) < 4.78 is 9.52. The SMILES string of the molecule is CCCCOC(=O)/C(C#N)=C(/N)CC(=O)OCC. The predicted octanol–water partition coefficient (Wildman–Crippen LogP) is 1.02. The van der Waals surface area contributed by atoms with Gasteiger partial charge in [-0.1, -0.05) is 13.3 Å².